The van der Waals surface area contributed by atoms with Crippen molar-refractivity contribution < 1.29 is 5.11 Å². The van der Waals surface area contributed by atoms with Crippen molar-refractivity contribution in [2.75, 3.05) is 20.1 Å². The number of aryl methyl sites for hydroxylation is 1. The second-order valence-electron chi connectivity index (χ2n) is 6.72. The number of fused-ring (bicyclic) bond motifs is 1. The van der Waals surface area contributed by atoms with Crippen molar-refractivity contribution >= 4 is 0 Å². The molecule has 1 saturated heterocycles. The molecule has 0 radical (unpaired) electrons. The van der Waals surface area contributed by atoms with E-state index >= 15 is 0 Å². The van der Waals surface area contributed by atoms with Crippen LogP contribution in [0.4, 0.5) is 0 Å². The van der Waals surface area contributed by atoms with E-state index in [0.717, 1.165) is 50.8 Å². The van der Waals surface area contributed by atoms with Gasteiger partial charge in [0.1, 0.15) is 5.41 Å². The fourth-order valence-electron chi connectivity index (χ4n) is 4.22. The molecule has 3 heteroatoms. The third kappa shape index (κ3) is 2.27. The van der Waals surface area contributed by atoms with Crippen LogP contribution in [0.5, 0.6) is 0 Å². The number of rotatable bonds is 1. The lowest BCUT2D eigenvalue weighted by Gasteiger charge is -2.46. The van der Waals surface area contributed by atoms with E-state index in [1.54, 1.807) is 0 Å². The average Bonchev–Trinajstić information content (AvgIpc) is 2.69. The molecule has 0 bridgehead atoms. The Bertz CT molecular complexity index is 565. The van der Waals surface area contributed by atoms with E-state index in [0.29, 0.717) is 6.42 Å². The van der Waals surface area contributed by atoms with Crippen molar-refractivity contribution in [2.24, 2.45) is 0 Å². The molecule has 2 unspecified atom stereocenters. The third-order valence-electron chi connectivity index (χ3n) is 5.50. The largest absolute Gasteiger partial charge is 0.388 e. The molecule has 1 aliphatic heterocycles. The lowest BCUT2D eigenvalue weighted by molar-refractivity contribution is -0.0360. The highest BCUT2D eigenvalue weighted by molar-refractivity contribution is 5.45. The second-order valence-corrected chi connectivity index (χ2v) is 6.72. The Balaban J connectivity index is 2.07. The summed E-state index contributed by atoms with van der Waals surface area (Å²) < 4.78 is 0. The predicted molar refractivity (Wildman–Crippen MR) is 83.0 cm³/mol. The Morgan fingerprint density at radius 2 is 1.95 bits per heavy atom. The van der Waals surface area contributed by atoms with Gasteiger partial charge in [-0.25, -0.2) is 0 Å². The van der Waals surface area contributed by atoms with E-state index in [1.807, 2.05) is 12.1 Å². The zero-order valence-electron chi connectivity index (χ0n) is 12.8. The van der Waals surface area contributed by atoms with Crippen LogP contribution in [-0.2, 0) is 11.8 Å². The molecule has 1 aromatic rings. The predicted octanol–water partition coefficient (Wildman–Crippen LogP) is 2.63. The van der Waals surface area contributed by atoms with Crippen LogP contribution in [0.3, 0.4) is 0 Å². The molecular weight excluding hydrogens is 260 g/mol. The smallest absolute Gasteiger partial charge is 0.111 e. The molecule has 3 rings (SSSR count). The normalized spacial score (nSPS) is 33.8. The summed E-state index contributed by atoms with van der Waals surface area (Å²) in [7, 11) is 2.10. The fraction of sp³-hybridized carbons (Fsp3) is 0.611. The van der Waals surface area contributed by atoms with Crippen LogP contribution >= 0.6 is 0 Å². The van der Waals surface area contributed by atoms with Gasteiger partial charge in [-0.2, -0.15) is 5.26 Å². The second kappa shape index (κ2) is 5.44. The number of aliphatic hydroxyl groups is 1. The number of nitrogens with zero attached hydrogens (tertiary/aromatic N) is 2. The van der Waals surface area contributed by atoms with Crippen LogP contribution < -0.4 is 0 Å². The van der Waals surface area contributed by atoms with Crippen LogP contribution in [0.15, 0.2) is 24.3 Å². The monoisotopic (exact) mass is 284 g/mol. The number of hydrogen-bond donors (Lipinski definition) is 1. The van der Waals surface area contributed by atoms with Crippen LogP contribution in [-0.4, -0.2) is 35.7 Å². The number of benzene rings is 1. The molecule has 1 aliphatic carbocycles. The van der Waals surface area contributed by atoms with Gasteiger partial charge < -0.3 is 10.0 Å². The van der Waals surface area contributed by atoms with Crippen LogP contribution in [0, 0.1) is 11.3 Å². The van der Waals surface area contributed by atoms with Crippen molar-refractivity contribution in [3.8, 4) is 6.07 Å². The molecule has 0 aromatic heterocycles. The van der Waals surface area contributed by atoms with Crippen molar-refractivity contribution in [1.29, 1.82) is 5.26 Å². The first kappa shape index (κ1) is 14.6. The Hall–Kier alpha value is -1.37. The molecule has 1 aromatic carbocycles. The quantitative estimate of drug-likeness (QED) is 0.862. The van der Waals surface area contributed by atoms with Gasteiger partial charge in [0.2, 0.25) is 0 Å². The Kier molecular flexibility index (Phi) is 3.77. The summed E-state index contributed by atoms with van der Waals surface area (Å²) in [6.07, 6.45) is 5.16. The summed E-state index contributed by atoms with van der Waals surface area (Å²) >= 11 is 0. The van der Waals surface area contributed by atoms with Crippen molar-refractivity contribution in [3.05, 3.63) is 35.4 Å². The summed E-state index contributed by atoms with van der Waals surface area (Å²) in [6.45, 7) is 1.87. The van der Waals surface area contributed by atoms with Gasteiger partial charge in [0.25, 0.3) is 0 Å². The lowest BCUT2D eigenvalue weighted by Crippen LogP contribution is -2.53. The number of nitriles is 1. The summed E-state index contributed by atoms with van der Waals surface area (Å²) in [4.78, 5) is 2.26. The number of hydrogen-bond acceptors (Lipinski definition) is 3. The minimum Gasteiger partial charge on any atom is -0.388 e. The molecular formula is C18H24N2O. The molecule has 0 spiro atoms. The van der Waals surface area contributed by atoms with Crippen molar-refractivity contribution in [1.82, 2.24) is 4.90 Å². The lowest BCUT2D eigenvalue weighted by atomic mass is 9.59. The molecule has 2 atom stereocenters. The average molecular weight is 284 g/mol. The van der Waals surface area contributed by atoms with E-state index in [-0.39, 0.29) is 0 Å². The zero-order chi connectivity index (χ0) is 14.9. The highest BCUT2D eigenvalue weighted by Gasteiger charge is 2.53. The molecule has 0 amide bonds. The maximum atomic E-state index is 11.4. The molecule has 1 heterocycles. The first-order valence-corrected chi connectivity index (χ1v) is 8.02. The van der Waals surface area contributed by atoms with E-state index in [2.05, 4.69) is 30.1 Å². The van der Waals surface area contributed by atoms with Gasteiger partial charge in [-0.05, 0) is 63.2 Å². The van der Waals surface area contributed by atoms with Gasteiger partial charge in [0, 0.05) is 6.54 Å². The first-order valence-electron chi connectivity index (χ1n) is 8.02. The van der Waals surface area contributed by atoms with E-state index in [1.165, 1.54) is 5.56 Å². The van der Waals surface area contributed by atoms with Gasteiger partial charge >= 0.3 is 0 Å². The van der Waals surface area contributed by atoms with Crippen LogP contribution in [0.2, 0.25) is 0 Å². The van der Waals surface area contributed by atoms with Gasteiger partial charge in [-0.3, -0.25) is 0 Å². The van der Waals surface area contributed by atoms with Gasteiger partial charge in [-0.1, -0.05) is 24.3 Å². The maximum Gasteiger partial charge on any atom is 0.111 e. The van der Waals surface area contributed by atoms with Crippen molar-refractivity contribution in [2.45, 2.75) is 49.5 Å². The first-order chi connectivity index (χ1) is 10.1. The molecule has 1 fully saturated rings. The Labute approximate surface area is 127 Å². The molecule has 3 nitrogen and oxygen atoms in total. The molecule has 2 aliphatic rings. The van der Waals surface area contributed by atoms with Gasteiger partial charge in [0.15, 0.2) is 0 Å². The molecule has 21 heavy (non-hydrogen) atoms. The SMILES string of the molecule is CN1CCCC(O)(C2(C#N)CCCc3ccccc32)CC1. The zero-order valence-corrected chi connectivity index (χ0v) is 12.8. The summed E-state index contributed by atoms with van der Waals surface area (Å²) in [5.74, 6) is 0. The van der Waals surface area contributed by atoms with Crippen molar-refractivity contribution in [3.63, 3.8) is 0 Å². The van der Waals surface area contributed by atoms with Crippen LogP contribution in [0.1, 0.15) is 43.2 Å². The maximum absolute atomic E-state index is 11.4. The molecule has 0 saturated carbocycles. The topological polar surface area (TPSA) is 47.3 Å². The highest BCUT2D eigenvalue weighted by atomic mass is 16.3. The van der Waals surface area contributed by atoms with Crippen LogP contribution in [0.25, 0.3) is 0 Å². The molecule has 1 N–H and O–H groups in total. The summed E-state index contributed by atoms with van der Waals surface area (Å²) in [5.41, 5.74) is 0.693. The minimum atomic E-state index is -0.900. The van der Waals surface area contributed by atoms with E-state index in [9.17, 15) is 10.4 Å². The standard InChI is InChI=1S/C18H24N2O/c1-20-12-5-10-18(21,11-13-20)17(14-19)9-4-7-15-6-2-3-8-16(15)17/h2-3,6,8,21H,4-5,7,9-13H2,1H3. The van der Waals surface area contributed by atoms with E-state index in [4.69, 9.17) is 0 Å². The number of likely N-dealkylation sites (tertiary alicyclic amines) is 1. The highest BCUT2D eigenvalue weighted by Crippen LogP contribution is 2.48. The Morgan fingerprint density at radius 1 is 1.14 bits per heavy atom. The summed E-state index contributed by atoms with van der Waals surface area (Å²) in [5, 5.41) is 21.5. The summed E-state index contributed by atoms with van der Waals surface area (Å²) in [6, 6.07) is 10.8. The van der Waals surface area contributed by atoms with Gasteiger partial charge in [0.05, 0.1) is 11.7 Å². The Morgan fingerprint density at radius 3 is 2.76 bits per heavy atom. The van der Waals surface area contributed by atoms with E-state index < -0.39 is 11.0 Å². The molecule has 112 valence electrons. The van der Waals surface area contributed by atoms with Gasteiger partial charge in [-0.15, -0.1) is 0 Å². The third-order valence-corrected chi connectivity index (χ3v) is 5.50. The fourth-order valence-corrected chi connectivity index (χ4v) is 4.22. The minimum absolute atomic E-state index is 0.686.